The molecule has 1 unspecified atom stereocenters. The molecule has 1 atom stereocenters. The maximum absolute atomic E-state index is 12.6. The molecule has 0 bridgehead atoms. The van der Waals surface area contributed by atoms with Gasteiger partial charge >= 0.3 is 0 Å². The number of carbonyl (C=O) groups is 1. The van der Waals surface area contributed by atoms with Crippen molar-refractivity contribution in [3.63, 3.8) is 0 Å². The van der Waals surface area contributed by atoms with Crippen molar-refractivity contribution in [2.24, 2.45) is 0 Å². The zero-order valence-electron chi connectivity index (χ0n) is 16.2. The first-order valence-electron chi connectivity index (χ1n) is 9.18. The number of aryl methyl sites for hydroxylation is 2. The molecule has 2 aromatic carbocycles. The number of carbonyl (C=O) groups excluding carboxylic acids is 1. The maximum atomic E-state index is 12.6. The van der Waals surface area contributed by atoms with E-state index in [0.29, 0.717) is 17.3 Å². The van der Waals surface area contributed by atoms with Gasteiger partial charge in [-0.1, -0.05) is 36.7 Å². The van der Waals surface area contributed by atoms with Crippen LogP contribution in [0.5, 0.6) is 5.75 Å². The third-order valence-electron chi connectivity index (χ3n) is 4.21. The Kier molecular flexibility index (Phi) is 6.70. The van der Waals surface area contributed by atoms with Gasteiger partial charge in [0.05, 0.1) is 0 Å². The number of amides is 1. The molecule has 0 aliphatic carbocycles. The summed E-state index contributed by atoms with van der Waals surface area (Å²) in [4.78, 5) is 18.0. The fourth-order valence-electron chi connectivity index (χ4n) is 2.92. The molecule has 146 valence electrons. The number of anilines is 1. The summed E-state index contributed by atoms with van der Waals surface area (Å²) < 4.78 is 5.93. The summed E-state index contributed by atoms with van der Waals surface area (Å²) >= 11 is 7.39. The number of thiazole rings is 1. The predicted molar refractivity (Wildman–Crippen MR) is 116 cm³/mol. The molecule has 1 heterocycles. The Labute approximate surface area is 174 Å². The molecule has 0 spiro atoms. The minimum atomic E-state index is -0.565. The van der Waals surface area contributed by atoms with Crippen molar-refractivity contribution in [3.05, 3.63) is 75.3 Å². The second-order valence-corrected chi connectivity index (χ2v) is 8.31. The van der Waals surface area contributed by atoms with Crippen LogP contribution in [0, 0.1) is 13.8 Å². The van der Waals surface area contributed by atoms with Gasteiger partial charge in [-0.15, -0.1) is 11.3 Å². The van der Waals surface area contributed by atoms with E-state index in [4.69, 9.17) is 16.3 Å². The lowest BCUT2D eigenvalue weighted by Crippen LogP contribution is -2.32. The molecule has 1 amide bonds. The van der Waals surface area contributed by atoms with Crippen LogP contribution in [-0.4, -0.2) is 17.0 Å². The fraction of sp³-hybridized carbons (Fsp3) is 0.273. The van der Waals surface area contributed by atoms with Gasteiger partial charge in [-0.25, -0.2) is 4.98 Å². The van der Waals surface area contributed by atoms with Gasteiger partial charge in [-0.3, -0.25) is 10.1 Å². The molecule has 0 fully saturated rings. The number of hydrogen-bond acceptors (Lipinski definition) is 4. The summed E-state index contributed by atoms with van der Waals surface area (Å²) in [6.45, 7) is 5.96. The Morgan fingerprint density at radius 2 is 1.86 bits per heavy atom. The SMILES string of the molecule is CCC(Oc1cc(C)cc(C)c1)C(=O)Nc1ncc(Cc2ccc(Cl)cc2)s1. The van der Waals surface area contributed by atoms with E-state index in [1.165, 1.54) is 11.3 Å². The minimum Gasteiger partial charge on any atom is -0.481 e. The number of nitrogens with zero attached hydrogens (tertiary/aromatic N) is 1. The first-order valence-corrected chi connectivity index (χ1v) is 10.4. The van der Waals surface area contributed by atoms with E-state index in [1.807, 2.05) is 57.2 Å². The number of halogens is 1. The number of rotatable bonds is 7. The number of aromatic nitrogens is 1. The smallest absolute Gasteiger partial charge is 0.267 e. The lowest BCUT2D eigenvalue weighted by Gasteiger charge is -2.17. The average molecular weight is 415 g/mol. The largest absolute Gasteiger partial charge is 0.481 e. The van der Waals surface area contributed by atoms with E-state index in [2.05, 4.69) is 16.4 Å². The molecule has 0 saturated carbocycles. The predicted octanol–water partition coefficient (Wildman–Crippen LogP) is 5.80. The Balaban J connectivity index is 1.62. The summed E-state index contributed by atoms with van der Waals surface area (Å²) in [5.74, 6) is 0.524. The first-order chi connectivity index (χ1) is 13.4. The van der Waals surface area contributed by atoms with Crippen LogP contribution in [0.15, 0.2) is 48.7 Å². The van der Waals surface area contributed by atoms with Gasteiger partial charge in [0, 0.05) is 22.5 Å². The molecule has 3 aromatic rings. The van der Waals surface area contributed by atoms with Crippen LogP contribution in [0.2, 0.25) is 5.02 Å². The fourth-order valence-corrected chi connectivity index (χ4v) is 3.90. The highest BCUT2D eigenvalue weighted by molar-refractivity contribution is 7.15. The Morgan fingerprint density at radius 1 is 1.18 bits per heavy atom. The Hall–Kier alpha value is -2.37. The van der Waals surface area contributed by atoms with Crippen LogP contribution in [-0.2, 0) is 11.2 Å². The third kappa shape index (κ3) is 5.57. The van der Waals surface area contributed by atoms with E-state index in [-0.39, 0.29) is 5.91 Å². The molecule has 0 aliphatic heterocycles. The second-order valence-electron chi connectivity index (χ2n) is 6.76. The van der Waals surface area contributed by atoms with E-state index in [0.717, 1.165) is 33.0 Å². The minimum absolute atomic E-state index is 0.186. The summed E-state index contributed by atoms with van der Waals surface area (Å²) in [6.07, 6.45) is 2.55. The number of benzene rings is 2. The van der Waals surface area contributed by atoms with Crippen molar-refractivity contribution in [2.45, 2.75) is 39.7 Å². The maximum Gasteiger partial charge on any atom is 0.267 e. The highest BCUT2D eigenvalue weighted by atomic mass is 35.5. The van der Waals surface area contributed by atoms with Gasteiger partial charge in [-0.2, -0.15) is 0 Å². The van der Waals surface area contributed by atoms with Crippen molar-refractivity contribution in [3.8, 4) is 5.75 Å². The van der Waals surface area contributed by atoms with E-state index < -0.39 is 6.10 Å². The Bertz CT molecular complexity index is 933. The van der Waals surface area contributed by atoms with Crippen LogP contribution in [0.25, 0.3) is 0 Å². The molecule has 0 radical (unpaired) electrons. The second kappa shape index (κ2) is 9.22. The van der Waals surface area contributed by atoms with Crippen LogP contribution in [0.1, 0.15) is 34.9 Å². The van der Waals surface area contributed by atoms with Crippen LogP contribution in [0.4, 0.5) is 5.13 Å². The standard InChI is InChI=1S/C22H23ClN2O2S/c1-4-20(27-18-10-14(2)9-15(3)11-18)21(26)25-22-24-13-19(28-22)12-16-5-7-17(23)8-6-16/h5-11,13,20H,4,12H2,1-3H3,(H,24,25,26). The summed E-state index contributed by atoms with van der Waals surface area (Å²) in [7, 11) is 0. The topological polar surface area (TPSA) is 51.2 Å². The highest BCUT2D eigenvalue weighted by Crippen LogP contribution is 2.23. The molecule has 4 nitrogen and oxygen atoms in total. The monoisotopic (exact) mass is 414 g/mol. The molecular formula is C22H23ClN2O2S. The van der Waals surface area contributed by atoms with Crippen molar-refractivity contribution in [2.75, 3.05) is 5.32 Å². The molecule has 6 heteroatoms. The lowest BCUT2D eigenvalue weighted by molar-refractivity contribution is -0.122. The van der Waals surface area contributed by atoms with Gasteiger partial charge in [0.25, 0.3) is 5.91 Å². The first kappa shape index (κ1) is 20.4. The van der Waals surface area contributed by atoms with Crippen molar-refractivity contribution >= 4 is 34.0 Å². The van der Waals surface area contributed by atoms with Gasteiger partial charge < -0.3 is 4.74 Å². The molecule has 28 heavy (non-hydrogen) atoms. The molecule has 1 N–H and O–H groups in total. The normalized spacial score (nSPS) is 11.9. The molecular weight excluding hydrogens is 392 g/mol. The van der Waals surface area contributed by atoms with Crippen LogP contribution >= 0.6 is 22.9 Å². The molecule has 1 aromatic heterocycles. The van der Waals surface area contributed by atoms with Crippen molar-refractivity contribution in [1.82, 2.24) is 4.98 Å². The number of hydrogen-bond donors (Lipinski definition) is 1. The van der Waals surface area contributed by atoms with Crippen LogP contribution < -0.4 is 10.1 Å². The molecule has 3 rings (SSSR count). The quantitative estimate of drug-likeness (QED) is 0.531. The molecule has 0 aliphatic rings. The number of ether oxygens (including phenoxy) is 1. The van der Waals surface area contributed by atoms with E-state index in [9.17, 15) is 4.79 Å². The van der Waals surface area contributed by atoms with E-state index in [1.54, 1.807) is 6.20 Å². The highest BCUT2D eigenvalue weighted by Gasteiger charge is 2.20. The van der Waals surface area contributed by atoms with Crippen LogP contribution in [0.3, 0.4) is 0 Å². The third-order valence-corrected chi connectivity index (χ3v) is 5.38. The van der Waals surface area contributed by atoms with Gasteiger partial charge in [0.15, 0.2) is 11.2 Å². The Morgan fingerprint density at radius 3 is 2.50 bits per heavy atom. The zero-order valence-corrected chi connectivity index (χ0v) is 17.7. The van der Waals surface area contributed by atoms with Gasteiger partial charge in [-0.05, 0) is 61.2 Å². The summed E-state index contributed by atoms with van der Waals surface area (Å²) in [5, 5.41) is 4.18. The van der Waals surface area contributed by atoms with Crippen molar-refractivity contribution in [1.29, 1.82) is 0 Å². The average Bonchev–Trinajstić information content (AvgIpc) is 3.07. The van der Waals surface area contributed by atoms with Gasteiger partial charge in [0.2, 0.25) is 0 Å². The van der Waals surface area contributed by atoms with E-state index >= 15 is 0 Å². The van der Waals surface area contributed by atoms with Crippen molar-refractivity contribution < 1.29 is 9.53 Å². The zero-order chi connectivity index (χ0) is 20.1. The summed E-state index contributed by atoms with van der Waals surface area (Å²) in [5.41, 5.74) is 3.37. The number of nitrogens with one attached hydrogen (secondary N) is 1. The van der Waals surface area contributed by atoms with Gasteiger partial charge in [0.1, 0.15) is 5.75 Å². The summed E-state index contributed by atoms with van der Waals surface area (Å²) in [6, 6.07) is 13.7. The lowest BCUT2D eigenvalue weighted by atomic mass is 10.1. The molecule has 0 saturated heterocycles.